The van der Waals surface area contributed by atoms with E-state index < -0.39 is 60.2 Å². The van der Waals surface area contributed by atoms with Crippen LogP contribution in [0.5, 0.6) is 0 Å². The second-order valence-corrected chi connectivity index (χ2v) is 15.7. The van der Waals surface area contributed by atoms with Gasteiger partial charge in [0.2, 0.25) is 0 Å². The number of carbonyl (C=O) groups excluding carboxylic acids is 4. The summed E-state index contributed by atoms with van der Waals surface area (Å²) in [5, 5.41) is 4.78. The quantitative estimate of drug-likeness (QED) is 0.0970. The molecule has 0 saturated heterocycles. The van der Waals surface area contributed by atoms with Crippen LogP contribution in [-0.2, 0) is 34.9 Å². The van der Waals surface area contributed by atoms with E-state index in [2.05, 4.69) is 42.2 Å². The Morgan fingerprint density at radius 3 is 1.38 bits per heavy atom. The van der Waals surface area contributed by atoms with Gasteiger partial charge in [0.1, 0.15) is 5.60 Å². The van der Waals surface area contributed by atoms with Crippen molar-refractivity contribution in [2.24, 2.45) is 0 Å². The Morgan fingerprint density at radius 2 is 1.07 bits per heavy atom. The molecule has 2 amide bonds. The highest BCUT2D eigenvalue weighted by molar-refractivity contribution is 6.42. The number of nitrogens with one attached hydrogen (secondary N) is 1. The topological polar surface area (TPSA) is 108 Å². The summed E-state index contributed by atoms with van der Waals surface area (Å²) >= 11 is 24.2. The van der Waals surface area contributed by atoms with Crippen LogP contribution in [0.1, 0.15) is 44.7 Å². The molecule has 0 aromatic heterocycles. The molecule has 0 heterocycles. The van der Waals surface area contributed by atoms with Gasteiger partial charge in [0.15, 0.2) is 0 Å². The zero-order valence-corrected chi connectivity index (χ0v) is 37.1. The highest BCUT2D eigenvalue weighted by Crippen LogP contribution is 2.38. The van der Waals surface area contributed by atoms with Crippen molar-refractivity contribution >= 4 is 70.3 Å². The van der Waals surface area contributed by atoms with Crippen molar-refractivity contribution in [3.63, 3.8) is 0 Å². The van der Waals surface area contributed by atoms with Crippen LogP contribution < -0.4 is 5.32 Å². The molecule has 0 radical (unpaired) electrons. The Kier molecular flexibility index (Phi) is 21.7. The molecule has 0 spiro atoms. The Morgan fingerprint density at radius 1 is 0.672 bits per heavy atom. The number of amides is 2. The van der Waals surface area contributed by atoms with E-state index in [9.17, 15) is 58.7 Å². The third kappa shape index (κ3) is 17.1. The van der Waals surface area contributed by atoms with Crippen molar-refractivity contribution in [1.82, 2.24) is 20.0 Å². The lowest BCUT2D eigenvalue weighted by molar-refractivity contribution is -0.221. The number of likely N-dealkylation sites (N-methyl/N-ethyl adjacent to an activating group) is 4. The van der Waals surface area contributed by atoms with E-state index in [0.717, 1.165) is 30.5 Å². The Hall–Kier alpha value is -3.75. The van der Waals surface area contributed by atoms with Crippen LogP contribution in [0.3, 0.4) is 0 Å². The first-order valence-corrected chi connectivity index (χ1v) is 18.7. The number of nitrogens with zero attached hydrogens (tertiary/aromatic N) is 3. The molecule has 344 valence electrons. The van der Waals surface area contributed by atoms with Gasteiger partial charge in [-0.15, -0.1) is 13.2 Å². The molecule has 0 unspecified atom stereocenters. The van der Waals surface area contributed by atoms with Crippen LogP contribution in [0.25, 0.3) is 0 Å². The number of alkyl halides is 9. The number of ether oxygens (including phenoxy) is 2. The Balaban J connectivity index is 0.000000982. The van der Waals surface area contributed by atoms with Crippen LogP contribution in [0.4, 0.5) is 44.3 Å². The summed E-state index contributed by atoms with van der Waals surface area (Å²) in [5.74, 6) is -8.45. The van der Waals surface area contributed by atoms with E-state index in [1.54, 1.807) is 20.8 Å². The molecule has 0 saturated carbocycles. The average Bonchev–Trinajstić information content (AvgIpc) is 3.11. The number of rotatable bonds is 12. The zero-order valence-electron chi connectivity index (χ0n) is 34.1. The molecule has 2 aromatic carbocycles. The van der Waals surface area contributed by atoms with Crippen molar-refractivity contribution in [2.45, 2.75) is 68.8 Å². The molecule has 61 heavy (non-hydrogen) atoms. The van der Waals surface area contributed by atoms with Gasteiger partial charge >= 0.3 is 42.5 Å². The van der Waals surface area contributed by atoms with E-state index in [4.69, 9.17) is 51.1 Å². The summed E-state index contributed by atoms with van der Waals surface area (Å²) in [6, 6.07) is 10.2. The van der Waals surface area contributed by atoms with E-state index in [1.165, 1.54) is 31.3 Å². The summed E-state index contributed by atoms with van der Waals surface area (Å²) in [5.41, 5.74) is -0.960. The molecule has 0 aliphatic heterocycles. The second kappa shape index (κ2) is 23.1. The monoisotopic (exact) mass is 964 g/mol. The van der Waals surface area contributed by atoms with Gasteiger partial charge in [-0.3, -0.25) is 14.6 Å². The van der Waals surface area contributed by atoms with Crippen molar-refractivity contribution in [3.8, 4) is 0 Å². The number of carbonyl (C=O) groups is 4. The first-order valence-electron chi connectivity index (χ1n) is 17.2. The number of hydrogen-bond acceptors (Lipinski definition) is 8. The summed E-state index contributed by atoms with van der Waals surface area (Å²) < 4.78 is 114. The van der Waals surface area contributed by atoms with Gasteiger partial charge in [-0.1, -0.05) is 70.7 Å². The standard InChI is InChI=1S/C20H25Cl2F3N2O3.C14H20Cl2N2.C4F6O3/c1-7-10-19(12-26(5)16(28)20(23,24)25,13-8-9-14(21)15(22)11-13)27(6)17(29)30-18(2,3)4;1-5-8-14(10-17-2,18(3)4)11-6-7-12(15)13(16)9-11;5-3(6,7)1(11)13-2(12)4(8,9)10/h7-9,11H,1,10,12H2,2-6H3;5-7,9,17H,1,8,10H2,2-4H3;/t19-;14-;/m11./s1. The molecule has 0 fully saturated rings. The zero-order chi connectivity index (χ0) is 48.1. The lowest BCUT2D eigenvalue weighted by Gasteiger charge is -2.44. The average molecular weight is 967 g/mol. The number of benzene rings is 2. The van der Waals surface area contributed by atoms with Crippen LogP contribution in [0.15, 0.2) is 61.7 Å². The van der Waals surface area contributed by atoms with Crippen LogP contribution >= 0.6 is 46.4 Å². The first kappa shape index (κ1) is 57.2. The summed E-state index contributed by atoms with van der Waals surface area (Å²) in [7, 11) is 8.45. The first-order chi connectivity index (χ1) is 27.6. The minimum absolute atomic E-state index is 0.0101. The minimum Gasteiger partial charge on any atom is -0.444 e. The summed E-state index contributed by atoms with van der Waals surface area (Å²) in [6.45, 7) is 12.8. The van der Waals surface area contributed by atoms with Gasteiger partial charge < -0.3 is 19.7 Å². The van der Waals surface area contributed by atoms with E-state index in [0.29, 0.717) is 20.5 Å². The third-order valence-electron chi connectivity index (χ3n) is 8.25. The highest BCUT2D eigenvalue weighted by Gasteiger charge is 2.50. The van der Waals surface area contributed by atoms with Crippen LogP contribution in [0.2, 0.25) is 20.1 Å². The van der Waals surface area contributed by atoms with E-state index in [-0.39, 0.29) is 22.0 Å². The Bertz CT molecular complexity index is 1830. The maximum atomic E-state index is 13.0. The molecule has 23 heteroatoms. The molecule has 10 nitrogen and oxygen atoms in total. The summed E-state index contributed by atoms with van der Waals surface area (Å²) in [6.07, 6.45) is -12.9. The third-order valence-corrected chi connectivity index (χ3v) is 9.73. The summed E-state index contributed by atoms with van der Waals surface area (Å²) in [4.78, 5) is 47.8. The smallest absolute Gasteiger partial charge is 0.444 e. The predicted octanol–water partition coefficient (Wildman–Crippen LogP) is 10.4. The largest absolute Gasteiger partial charge is 0.491 e. The lowest BCUT2D eigenvalue weighted by Crippen LogP contribution is -2.56. The van der Waals surface area contributed by atoms with Gasteiger partial charge in [0.05, 0.1) is 31.2 Å². The molecule has 0 aliphatic rings. The van der Waals surface area contributed by atoms with Crippen LogP contribution in [-0.4, -0.2) is 111 Å². The number of halogens is 13. The molecular formula is C38H45Cl4F9N4O6. The fourth-order valence-electron chi connectivity index (χ4n) is 5.33. The molecular weight excluding hydrogens is 921 g/mol. The van der Waals surface area contributed by atoms with Crippen molar-refractivity contribution in [3.05, 3.63) is 92.9 Å². The van der Waals surface area contributed by atoms with E-state index in [1.807, 2.05) is 31.3 Å². The van der Waals surface area contributed by atoms with Crippen molar-refractivity contribution < 1.29 is 68.2 Å². The van der Waals surface area contributed by atoms with Gasteiger partial charge in [-0.2, -0.15) is 39.5 Å². The minimum atomic E-state index is -5.62. The molecule has 2 rings (SSSR count). The maximum absolute atomic E-state index is 13.0. The maximum Gasteiger partial charge on any atom is 0.491 e. The lowest BCUT2D eigenvalue weighted by atomic mass is 9.84. The van der Waals surface area contributed by atoms with Gasteiger partial charge in [0, 0.05) is 27.2 Å². The van der Waals surface area contributed by atoms with Gasteiger partial charge in [-0.25, -0.2) is 14.4 Å². The molecule has 0 aliphatic carbocycles. The predicted molar refractivity (Wildman–Crippen MR) is 214 cm³/mol. The molecule has 0 bridgehead atoms. The normalized spacial score (nSPS) is 13.8. The fourth-order valence-corrected chi connectivity index (χ4v) is 5.92. The van der Waals surface area contributed by atoms with Crippen molar-refractivity contribution in [2.75, 3.05) is 48.3 Å². The van der Waals surface area contributed by atoms with E-state index >= 15 is 0 Å². The van der Waals surface area contributed by atoms with Gasteiger partial charge in [0.25, 0.3) is 0 Å². The van der Waals surface area contributed by atoms with Crippen LogP contribution in [0, 0.1) is 0 Å². The highest BCUT2D eigenvalue weighted by atomic mass is 35.5. The SMILES string of the molecule is C=CC[C@@](CN(C)C(=O)C(F)(F)F)(c1ccc(Cl)c(Cl)c1)N(C)C(=O)OC(C)(C)C.C=CC[C@@](CNC)(c1ccc(Cl)c(Cl)c1)N(C)C.O=C(OC(=O)C(F)(F)F)C(F)(F)F. The Labute approximate surface area is 367 Å². The second-order valence-electron chi connectivity index (χ2n) is 14.1. The molecule has 2 aromatic rings. The van der Waals surface area contributed by atoms with Crippen molar-refractivity contribution in [1.29, 1.82) is 0 Å². The number of hydrogen-bond donors (Lipinski definition) is 1. The fraction of sp³-hybridized carbons (Fsp3) is 0.474. The van der Waals surface area contributed by atoms with Gasteiger partial charge in [-0.05, 0) is 90.1 Å². The number of esters is 2. The molecule has 2 atom stereocenters. The molecule has 1 N–H and O–H groups in total.